The summed E-state index contributed by atoms with van der Waals surface area (Å²) in [7, 11) is 0. The predicted octanol–water partition coefficient (Wildman–Crippen LogP) is 13.0. The van der Waals surface area contributed by atoms with Crippen LogP contribution in [0.1, 0.15) is 24.6 Å². The van der Waals surface area contributed by atoms with E-state index in [1.54, 1.807) is 0 Å². The summed E-state index contributed by atoms with van der Waals surface area (Å²) in [6, 6.07) is 55.6. The van der Waals surface area contributed by atoms with E-state index in [2.05, 4.69) is 164 Å². The van der Waals surface area contributed by atoms with Crippen LogP contribution in [-0.4, -0.2) is 16.2 Å². The van der Waals surface area contributed by atoms with Crippen LogP contribution in [-0.2, 0) is 6.42 Å². The molecule has 0 spiro atoms. The van der Waals surface area contributed by atoms with Gasteiger partial charge in [0.25, 0.3) is 0 Å². The molecule has 3 heteroatoms. The number of aliphatic imine (C=N–C) groups is 1. The Bertz CT molecular complexity index is 2680. The Morgan fingerprint density at radius 1 is 0.585 bits per heavy atom. The molecule has 8 rings (SSSR count). The Morgan fingerprint density at radius 3 is 2.17 bits per heavy atom. The Hall–Kier alpha value is -6.71. The summed E-state index contributed by atoms with van der Waals surface area (Å²) in [4.78, 5) is 14.8. The Balaban J connectivity index is 1.17. The predicted molar refractivity (Wildman–Crippen MR) is 225 cm³/mol. The van der Waals surface area contributed by atoms with Crippen molar-refractivity contribution in [2.24, 2.45) is 4.99 Å². The van der Waals surface area contributed by atoms with Crippen LogP contribution in [0.15, 0.2) is 199 Å². The molecule has 1 heterocycles. The fourth-order valence-electron chi connectivity index (χ4n) is 6.93. The van der Waals surface area contributed by atoms with Crippen molar-refractivity contribution >= 4 is 38.5 Å². The normalized spacial score (nSPS) is 12.3. The summed E-state index contributed by atoms with van der Waals surface area (Å²) in [5.74, 6) is 0.723. The van der Waals surface area contributed by atoms with Crippen LogP contribution in [0.3, 0.4) is 0 Å². The molecule has 53 heavy (non-hydrogen) atoms. The van der Waals surface area contributed by atoms with Gasteiger partial charge in [-0.3, -0.25) is 4.99 Å². The quantitative estimate of drug-likeness (QED) is 0.0818. The van der Waals surface area contributed by atoms with Crippen molar-refractivity contribution in [3.8, 4) is 33.8 Å². The maximum atomic E-state index is 5.21. The maximum Gasteiger partial charge on any atom is 0.160 e. The fourth-order valence-corrected chi connectivity index (χ4v) is 6.93. The molecule has 0 saturated heterocycles. The molecule has 0 unspecified atom stereocenters. The van der Waals surface area contributed by atoms with Crippen molar-refractivity contribution in [2.45, 2.75) is 19.8 Å². The van der Waals surface area contributed by atoms with Gasteiger partial charge in [0.1, 0.15) is 0 Å². The molecule has 0 aliphatic carbocycles. The highest BCUT2D eigenvalue weighted by Gasteiger charge is 2.13. The number of fused-ring (bicyclic) bond motifs is 4. The van der Waals surface area contributed by atoms with Gasteiger partial charge in [0.05, 0.1) is 5.69 Å². The number of rotatable bonds is 10. The summed E-state index contributed by atoms with van der Waals surface area (Å²) in [6.07, 6.45) is 13.8. The van der Waals surface area contributed by atoms with Gasteiger partial charge in [-0.1, -0.05) is 158 Å². The van der Waals surface area contributed by atoms with Crippen molar-refractivity contribution in [2.75, 3.05) is 0 Å². The third kappa shape index (κ3) is 7.66. The molecule has 7 aromatic carbocycles. The monoisotopic (exact) mass is 681 g/mol. The van der Waals surface area contributed by atoms with E-state index >= 15 is 0 Å². The molecule has 0 aliphatic rings. The Kier molecular flexibility index (Phi) is 9.89. The van der Waals surface area contributed by atoms with Crippen molar-refractivity contribution in [1.29, 1.82) is 0 Å². The molecule has 254 valence electrons. The number of aromatic nitrogens is 2. The summed E-state index contributed by atoms with van der Waals surface area (Å²) < 4.78 is 0. The number of hydrogen-bond donors (Lipinski definition) is 0. The van der Waals surface area contributed by atoms with E-state index in [0.717, 1.165) is 45.9 Å². The van der Waals surface area contributed by atoms with Gasteiger partial charge in [0, 0.05) is 35.7 Å². The Labute approximate surface area is 311 Å². The molecule has 8 aromatic rings. The van der Waals surface area contributed by atoms with Crippen LogP contribution >= 0.6 is 0 Å². The molecule has 0 amide bonds. The number of hydrogen-bond acceptors (Lipinski definition) is 3. The number of nitrogens with zero attached hydrogens (tertiary/aromatic N) is 3. The van der Waals surface area contributed by atoms with Crippen LogP contribution in [0.2, 0.25) is 0 Å². The molecule has 3 nitrogen and oxygen atoms in total. The maximum absolute atomic E-state index is 5.21. The largest absolute Gasteiger partial charge is 0.264 e. The van der Waals surface area contributed by atoms with Gasteiger partial charge in [-0.15, -0.1) is 0 Å². The van der Waals surface area contributed by atoms with Crippen molar-refractivity contribution in [1.82, 2.24) is 9.97 Å². The summed E-state index contributed by atoms with van der Waals surface area (Å²) in [6.45, 7) is 2.05. The average molecular weight is 682 g/mol. The third-order valence-electron chi connectivity index (χ3n) is 9.55. The van der Waals surface area contributed by atoms with E-state index in [1.165, 1.54) is 43.5 Å². The first kappa shape index (κ1) is 33.4. The zero-order valence-electron chi connectivity index (χ0n) is 29.7. The van der Waals surface area contributed by atoms with E-state index in [-0.39, 0.29) is 0 Å². The Morgan fingerprint density at radius 2 is 1.32 bits per heavy atom. The van der Waals surface area contributed by atoms with Crippen LogP contribution in [0, 0.1) is 0 Å². The molecule has 0 aliphatic heterocycles. The highest BCUT2D eigenvalue weighted by Crippen LogP contribution is 2.36. The zero-order valence-corrected chi connectivity index (χ0v) is 29.7. The smallest absolute Gasteiger partial charge is 0.160 e. The van der Waals surface area contributed by atoms with Gasteiger partial charge in [-0.05, 0) is 92.2 Å². The standard InChI is InChI=1S/C50H39N3/c1-2-14-36(17-13-30-51-35-37-15-4-3-5-16-37)26-29-44-34-49(53-50(52-44)43-28-27-38-18-6-7-19-39(38)31-43)42-22-12-21-40(32-42)48-33-41-20-8-9-23-45(41)46-24-10-11-25-47(46)48/h2-16,18-28,30-35H,17,29H2,1H3/b14-2-,30-13+,36-26+,51-35?. The van der Waals surface area contributed by atoms with Crippen molar-refractivity contribution in [3.05, 3.63) is 205 Å². The molecule has 0 bridgehead atoms. The minimum Gasteiger partial charge on any atom is -0.264 e. The lowest BCUT2D eigenvalue weighted by Gasteiger charge is -2.13. The van der Waals surface area contributed by atoms with E-state index < -0.39 is 0 Å². The van der Waals surface area contributed by atoms with Crippen LogP contribution < -0.4 is 0 Å². The first-order valence-corrected chi connectivity index (χ1v) is 18.2. The summed E-state index contributed by atoms with van der Waals surface area (Å²) in [5, 5.41) is 7.37. The minimum absolute atomic E-state index is 0.673. The van der Waals surface area contributed by atoms with Crippen LogP contribution in [0.25, 0.3) is 66.1 Å². The lowest BCUT2D eigenvalue weighted by molar-refractivity contribution is 1.05. The summed E-state index contributed by atoms with van der Waals surface area (Å²) in [5.41, 5.74) is 8.59. The van der Waals surface area contributed by atoms with Gasteiger partial charge < -0.3 is 0 Å². The van der Waals surface area contributed by atoms with Crippen molar-refractivity contribution < 1.29 is 0 Å². The van der Waals surface area contributed by atoms with Crippen molar-refractivity contribution in [3.63, 3.8) is 0 Å². The minimum atomic E-state index is 0.673. The summed E-state index contributed by atoms with van der Waals surface area (Å²) >= 11 is 0. The molecule has 0 atom stereocenters. The molecular formula is C50H39N3. The van der Waals surface area contributed by atoms with Gasteiger partial charge in [-0.2, -0.15) is 0 Å². The van der Waals surface area contributed by atoms with Gasteiger partial charge >= 0.3 is 0 Å². The fraction of sp³-hybridized carbons (Fsp3) is 0.0600. The SMILES string of the molecule is C/C=C\C(=C/Cc1cc(-c2cccc(-c3cc4ccccc4c4ccccc34)c2)nc(-c2ccc3ccccc3c2)n1)C/C=C/N=Cc1ccccc1. The molecule has 0 N–H and O–H groups in total. The van der Waals surface area contributed by atoms with E-state index in [9.17, 15) is 0 Å². The average Bonchev–Trinajstić information content (AvgIpc) is 3.22. The highest BCUT2D eigenvalue weighted by molar-refractivity contribution is 6.13. The van der Waals surface area contributed by atoms with Crippen LogP contribution in [0.4, 0.5) is 0 Å². The van der Waals surface area contributed by atoms with Crippen LogP contribution in [0.5, 0.6) is 0 Å². The van der Waals surface area contributed by atoms with E-state index in [0.29, 0.717) is 6.42 Å². The van der Waals surface area contributed by atoms with E-state index in [4.69, 9.17) is 9.97 Å². The van der Waals surface area contributed by atoms with E-state index in [1.807, 2.05) is 42.7 Å². The second-order valence-electron chi connectivity index (χ2n) is 13.2. The highest BCUT2D eigenvalue weighted by atomic mass is 14.9. The third-order valence-corrected chi connectivity index (χ3v) is 9.55. The van der Waals surface area contributed by atoms with Gasteiger partial charge in [0.15, 0.2) is 5.82 Å². The second kappa shape index (κ2) is 15.7. The second-order valence-corrected chi connectivity index (χ2v) is 13.2. The lowest BCUT2D eigenvalue weighted by atomic mass is 9.92. The molecule has 0 fully saturated rings. The number of allylic oxidation sites excluding steroid dienone is 5. The number of benzene rings is 7. The first-order chi connectivity index (χ1) is 26.2. The molecule has 1 aromatic heterocycles. The topological polar surface area (TPSA) is 38.1 Å². The van der Waals surface area contributed by atoms with Gasteiger partial charge in [-0.25, -0.2) is 9.97 Å². The lowest BCUT2D eigenvalue weighted by Crippen LogP contribution is -1.98. The molecular weight excluding hydrogens is 643 g/mol. The first-order valence-electron chi connectivity index (χ1n) is 18.2. The van der Waals surface area contributed by atoms with Gasteiger partial charge in [0.2, 0.25) is 0 Å². The zero-order chi connectivity index (χ0) is 35.8. The molecule has 0 saturated carbocycles. The molecule has 0 radical (unpaired) electrons.